The molecule has 9 heteroatoms. The second-order valence-electron chi connectivity index (χ2n) is 9.39. The van der Waals surface area contributed by atoms with Crippen molar-refractivity contribution in [3.8, 4) is 5.13 Å². The molecule has 3 aromatic heterocycles. The first-order valence-electron chi connectivity index (χ1n) is 11.5. The minimum atomic E-state index is -0.0919. The van der Waals surface area contributed by atoms with Gasteiger partial charge in [0.25, 0.3) is 5.56 Å². The lowest BCUT2D eigenvalue weighted by molar-refractivity contribution is 0.382. The quantitative estimate of drug-likeness (QED) is 0.466. The minimum absolute atomic E-state index is 0.0340. The molecule has 1 aromatic carbocycles. The van der Waals surface area contributed by atoms with Gasteiger partial charge in [-0.15, -0.1) is 11.3 Å². The molecule has 170 valence electrons. The molecule has 2 aliphatic rings. The van der Waals surface area contributed by atoms with E-state index in [-0.39, 0.29) is 11.1 Å². The summed E-state index contributed by atoms with van der Waals surface area (Å²) in [5.41, 5.74) is 5.16. The third-order valence-corrected chi connectivity index (χ3v) is 7.49. The summed E-state index contributed by atoms with van der Waals surface area (Å²) >= 11 is 1.56. The molecule has 1 fully saturated rings. The molecule has 1 aliphatic heterocycles. The van der Waals surface area contributed by atoms with Gasteiger partial charge in [-0.1, -0.05) is 6.07 Å². The Bertz CT molecular complexity index is 1430. The van der Waals surface area contributed by atoms with Crippen LogP contribution in [0.5, 0.6) is 0 Å². The number of thiazole rings is 1. The van der Waals surface area contributed by atoms with Crippen LogP contribution in [0.25, 0.3) is 16.2 Å². The van der Waals surface area contributed by atoms with Crippen LogP contribution < -0.4 is 16.2 Å². The van der Waals surface area contributed by atoms with Crippen molar-refractivity contribution in [2.45, 2.75) is 58.0 Å². The van der Waals surface area contributed by atoms with E-state index in [1.54, 1.807) is 22.2 Å². The van der Waals surface area contributed by atoms with Gasteiger partial charge in [0.05, 0.1) is 5.69 Å². The highest BCUT2D eigenvalue weighted by molar-refractivity contribution is 7.12. The summed E-state index contributed by atoms with van der Waals surface area (Å²) in [5.74, 6) is 1.03. The Morgan fingerprint density at radius 3 is 2.91 bits per heavy atom. The summed E-state index contributed by atoms with van der Waals surface area (Å²) < 4.78 is 3.54. The second kappa shape index (κ2) is 7.50. The highest BCUT2D eigenvalue weighted by Gasteiger charge is 2.28. The van der Waals surface area contributed by atoms with Gasteiger partial charge in [0, 0.05) is 35.3 Å². The molecule has 1 saturated carbocycles. The van der Waals surface area contributed by atoms with Crippen molar-refractivity contribution in [1.82, 2.24) is 29.6 Å². The van der Waals surface area contributed by atoms with Gasteiger partial charge in [0.1, 0.15) is 5.39 Å². The predicted molar refractivity (Wildman–Crippen MR) is 131 cm³/mol. The third-order valence-electron chi connectivity index (χ3n) is 6.66. The van der Waals surface area contributed by atoms with Crippen molar-refractivity contribution in [2.75, 3.05) is 11.9 Å². The van der Waals surface area contributed by atoms with Gasteiger partial charge in [-0.05, 0) is 69.8 Å². The molecule has 1 aliphatic carbocycles. The van der Waals surface area contributed by atoms with E-state index in [2.05, 4.69) is 53.0 Å². The Kier molecular flexibility index (Phi) is 4.67. The molecule has 0 amide bonds. The van der Waals surface area contributed by atoms with Gasteiger partial charge in [0.15, 0.2) is 5.65 Å². The summed E-state index contributed by atoms with van der Waals surface area (Å²) in [6.45, 7) is 7.87. The van der Waals surface area contributed by atoms with Crippen molar-refractivity contribution in [3.05, 3.63) is 57.0 Å². The molecular formula is C24H27N7OS. The predicted octanol–water partition coefficient (Wildman–Crippen LogP) is 4.06. The van der Waals surface area contributed by atoms with Gasteiger partial charge in [0.2, 0.25) is 11.1 Å². The summed E-state index contributed by atoms with van der Waals surface area (Å²) in [6.07, 6.45) is 5.00. The first kappa shape index (κ1) is 20.6. The maximum absolute atomic E-state index is 13.0. The standard InChI is InChI=1S/C24H27N7OS/c1-4-30-21(32)17-12-25-22(27-16-7-8-18-15(11-16)9-10-26-24(18,2)3)29-20(17)31(30)23-28-19(13-33-23)14-5-6-14/h7-8,11-14,26H,4-6,9-10H2,1-3H3,(H,25,27,29). The fourth-order valence-corrected chi connectivity index (χ4v) is 5.64. The number of rotatable bonds is 5. The molecule has 0 atom stereocenters. The molecule has 0 spiro atoms. The first-order valence-corrected chi connectivity index (χ1v) is 12.4. The van der Waals surface area contributed by atoms with Crippen LogP contribution >= 0.6 is 11.3 Å². The normalized spacial score (nSPS) is 17.3. The molecule has 0 unspecified atom stereocenters. The van der Waals surface area contributed by atoms with Crippen LogP contribution in [-0.2, 0) is 18.5 Å². The largest absolute Gasteiger partial charge is 0.324 e. The lowest BCUT2D eigenvalue weighted by atomic mass is 9.85. The lowest BCUT2D eigenvalue weighted by Crippen LogP contribution is -2.42. The number of hydrogen-bond acceptors (Lipinski definition) is 7. The monoisotopic (exact) mass is 461 g/mol. The fourth-order valence-electron chi connectivity index (χ4n) is 4.73. The topological polar surface area (TPSA) is 89.7 Å². The summed E-state index contributed by atoms with van der Waals surface area (Å²) in [5, 5.41) is 10.3. The Hall–Kier alpha value is -3.04. The molecule has 33 heavy (non-hydrogen) atoms. The van der Waals surface area contributed by atoms with Crippen molar-refractivity contribution in [3.63, 3.8) is 0 Å². The van der Waals surface area contributed by atoms with Crippen LogP contribution in [0.2, 0.25) is 0 Å². The van der Waals surface area contributed by atoms with Crippen LogP contribution in [-0.4, -0.2) is 30.9 Å². The first-order chi connectivity index (χ1) is 15.9. The minimum Gasteiger partial charge on any atom is -0.324 e. The van der Waals surface area contributed by atoms with Crippen LogP contribution in [0.3, 0.4) is 0 Å². The lowest BCUT2D eigenvalue weighted by Gasteiger charge is -2.34. The van der Waals surface area contributed by atoms with E-state index >= 15 is 0 Å². The molecule has 0 bridgehead atoms. The summed E-state index contributed by atoms with van der Waals surface area (Å²) in [4.78, 5) is 27.0. The molecule has 0 saturated heterocycles. The molecule has 4 heterocycles. The molecule has 4 aromatic rings. The number of aromatic nitrogens is 5. The molecule has 2 N–H and O–H groups in total. The number of anilines is 2. The maximum atomic E-state index is 13.0. The number of nitrogens with zero attached hydrogens (tertiary/aromatic N) is 5. The van der Waals surface area contributed by atoms with E-state index < -0.39 is 0 Å². The van der Waals surface area contributed by atoms with E-state index in [0.717, 1.165) is 29.5 Å². The van der Waals surface area contributed by atoms with Crippen LogP contribution in [0.4, 0.5) is 11.6 Å². The van der Waals surface area contributed by atoms with Gasteiger partial charge in [-0.2, -0.15) is 4.98 Å². The van der Waals surface area contributed by atoms with E-state index in [1.807, 2.05) is 11.6 Å². The number of nitrogens with one attached hydrogen (secondary N) is 2. The highest BCUT2D eigenvalue weighted by Crippen LogP contribution is 2.40. The average molecular weight is 462 g/mol. The van der Waals surface area contributed by atoms with Gasteiger partial charge < -0.3 is 10.6 Å². The molecule has 0 radical (unpaired) electrons. The Balaban J connectivity index is 1.40. The molecule has 6 rings (SSSR count). The van der Waals surface area contributed by atoms with Crippen molar-refractivity contribution in [1.29, 1.82) is 0 Å². The Morgan fingerprint density at radius 1 is 1.27 bits per heavy atom. The third kappa shape index (κ3) is 3.46. The van der Waals surface area contributed by atoms with Crippen molar-refractivity contribution >= 4 is 34.0 Å². The SMILES string of the molecule is CCn1c(=O)c2cnc(Nc3ccc4c(c3)CCNC4(C)C)nc2n1-c1nc(C2CC2)cs1. The van der Waals surface area contributed by atoms with E-state index in [9.17, 15) is 4.79 Å². The second-order valence-corrected chi connectivity index (χ2v) is 10.2. The van der Waals surface area contributed by atoms with Crippen LogP contribution in [0.15, 0.2) is 34.6 Å². The van der Waals surface area contributed by atoms with Crippen molar-refractivity contribution < 1.29 is 0 Å². The fraction of sp³-hybridized carbons (Fsp3) is 0.417. The zero-order valence-electron chi connectivity index (χ0n) is 19.1. The van der Waals surface area contributed by atoms with Gasteiger partial charge in [-0.3, -0.25) is 4.79 Å². The van der Waals surface area contributed by atoms with Crippen LogP contribution in [0, 0.1) is 0 Å². The smallest absolute Gasteiger partial charge is 0.278 e. The highest BCUT2D eigenvalue weighted by atomic mass is 32.1. The summed E-state index contributed by atoms with van der Waals surface area (Å²) in [6, 6.07) is 6.41. The maximum Gasteiger partial charge on any atom is 0.278 e. The van der Waals surface area contributed by atoms with E-state index in [4.69, 9.17) is 9.97 Å². The number of fused-ring (bicyclic) bond motifs is 2. The zero-order valence-corrected chi connectivity index (χ0v) is 19.9. The van der Waals surface area contributed by atoms with Crippen molar-refractivity contribution in [2.24, 2.45) is 0 Å². The van der Waals surface area contributed by atoms with E-state index in [1.165, 1.54) is 24.0 Å². The Labute approximate surface area is 195 Å². The Morgan fingerprint density at radius 2 is 2.12 bits per heavy atom. The average Bonchev–Trinajstić information content (AvgIpc) is 3.46. The van der Waals surface area contributed by atoms with Gasteiger partial charge >= 0.3 is 0 Å². The molecular weight excluding hydrogens is 434 g/mol. The number of hydrogen-bond donors (Lipinski definition) is 2. The number of benzene rings is 1. The van der Waals surface area contributed by atoms with Crippen LogP contribution in [0.1, 0.15) is 56.4 Å². The summed E-state index contributed by atoms with van der Waals surface area (Å²) in [7, 11) is 0. The molecule has 8 nitrogen and oxygen atoms in total. The zero-order chi connectivity index (χ0) is 22.7. The van der Waals surface area contributed by atoms with Gasteiger partial charge in [-0.25, -0.2) is 19.3 Å². The van der Waals surface area contributed by atoms with E-state index in [0.29, 0.717) is 29.4 Å².